The van der Waals surface area contributed by atoms with E-state index in [4.69, 9.17) is 4.52 Å². The lowest BCUT2D eigenvalue weighted by atomic mass is 9.87. The number of sulfone groups is 1. The molecule has 1 N–H and O–H groups in total. The molecule has 0 radical (unpaired) electrons. The first kappa shape index (κ1) is 18.9. The maximum absolute atomic E-state index is 12.9. The predicted molar refractivity (Wildman–Crippen MR) is 101 cm³/mol. The maximum Gasteiger partial charge on any atom is 0.233 e. The lowest BCUT2D eigenvalue weighted by Gasteiger charge is -2.20. The zero-order valence-electron chi connectivity index (χ0n) is 15.3. The van der Waals surface area contributed by atoms with Gasteiger partial charge in [-0.2, -0.15) is 0 Å². The fourth-order valence-electron chi connectivity index (χ4n) is 3.77. The van der Waals surface area contributed by atoms with E-state index in [1.54, 1.807) is 30.3 Å². The summed E-state index contributed by atoms with van der Waals surface area (Å²) in [4.78, 5) is 24.8. The van der Waals surface area contributed by atoms with Crippen LogP contribution in [0.3, 0.4) is 0 Å². The van der Waals surface area contributed by atoms with Gasteiger partial charge in [0.1, 0.15) is 12.0 Å². The number of hydrogen-bond donors (Lipinski definition) is 1. The summed E-state index contributed by atoms with van der Waals surface area (Å²) in [5.41, 5.74) is 0.732. The summed E-state index contributed by atoms with van der Waals surface area (Å²) in [5, 5.41) is 6.17. The number of ketones is 1. The fraction of sp³-hybridized carbons (Fsp3) is 0.450. The monoisotopic (exact) mass is 402 g/mol. The van der Waals surface area contributed by atoms with Crippen LogP contribution < -0.4 is 5.32 Å². The predicted octanol–water partition coefficient (Wildman–Crippen LogP) is 3.09. The first-order chi connectivity index (χ1) is 13.4. The first-order valence-corrected chi connectivity index (χ1v) is 11.0. The van der Waals surface area contributed by atoms with E-state index in [0.29, 0.717) is 42.8 Å². The zero-order chi connectivity index (χ0) is 19.7. The second-order valence-corrected chi connectivity index (χ2v) is 9.85. The highest BCUT2D eigenvalue weighted by molar-refractivity contribution is 7.92. The van der Waals surface area contributed by atoms with Crippen LogP contribution in [0.15, 0.2) is 46.0 Å². The Morgan fingerprint density at radius 3 is 2.50 bits per heavy atom. The molecule has 1 aromatic heterocycles. The van der Waals surface area contributed by atoms with Crippen molar-refractivity contribution in [2.75, 3.05) is 5.32 Å². The average molecular weight is 402 g/mol. The molecule has 2 atom stereocenters. The standard InChI is InChI=1S/C20H22N2O5S/c23-15-4-1-13(11-15)12-18(20(24)21-19-9-10-27-22-19)14-2-5-16(6-3-14)28(25,26)17-7-8-17/h2-3,5-6,9-10,13,17-18H,1,4,7-8,11-12H2,(H,21,22,24)/t13?,18-/m1/s1. The summed E-state index contributed by atoms with van der Waals surface area (Å²) in [7, 11) is -3.27. The van der Waals surface area contributed by atoms with Crippen LogP contribution in [0, 0.1) is 5.92 Å². The number of rotatable bonds is 7. The summed E-state index contributed by atoms with van der Waals surface area (Å²) in [6, 6.07) is 8.13. The summed E-state index contributed by atoms with van der Waals surface area (Å²) >= 11 is 0. The Bertz CT molecular complexity index is 963. The molecular weight excluding hydrogens is 380 g/mol. The van der Waals surface area contributed by atoms with Crippen molar-refractivity contribution >= 4 is 27.3 Å². The van der Waals surface area contributed by atoms with E-state index in [2.05, 4.69) is 10.5 Å². The normalized spacial score (nSPS) is 20.9. The third kappa shape index (κ3) is 4.01. The smallest absolute Gasteiger partial charge is 0.233 e. The highest BCUT2D eigenvalue weighted by atomic mass is 32.2. The van der Waals surface area contributed by atoms with Gasteiger partial charge >= 0.3 is 0 Å². The first-order valence-electron chi connectivity index (χ1n) is 9.50. The molecule has 4 rings (SSSR count). The van der Waals surface area contributed by atoms with E-state index in [1.807, 2.05) is 0 Å². The average Bonchev–Trinajstić information content (AvgIpc) is 3.29. The molecule has 1 aromatic carbocycles. The molecule has 2 aromatic rings. The molecule has 2 aliphatic rings. The van der Waals surface area contributed by atoms with Crippen molar-refractivity contribution in [3.8, 4) is 0 Å². The van der Waals surface area contributed by atoms with Gasteiger partial charge in [0.25, 0.3) is 0 Å². The van der Waals surface area contributed by atoms with Crippen LogP contribution >= 0.6 is 0 Å². The van der Waals surface area contributed by atoms with E-state index < -0.39 is 15.8 Å². The molecule has 2 aliphatic carbocycles. The number of hydrogen-bond acceptors (Lipinski definition) is 6. The highest BCUT2D eigenvalue weighted by Crippen LogP contribution is 2.36. The van der Waals surface area contributed by atoms with Crippen LogP contribution in [0.25, 0.3) is 0 Å². The lowest BCUT2D eigenvalue weighted by molar-refractivity contribution is -0.119. The molecule has 1 unspecified atom stereocenters. The van der Waals surface area contributed by atoms with Gasteiger partial charge in [-0.25, -0.2) is 8.42 Å². The molecule has 0 spiro atoms. The molecule has 7 nitrogen and oxygen atoms in total. The second kappa shape index (κ2) is 7.50. The van der Waals surface area contributed by atoms with Crippen LogP contribution in [-0.4, -0.2) is 30.5 Å². The van der Waals surface area contributed by atoms with Gasteiger partial charge in [0.15, 0.2) is 15.7 Å². The Kier molecular flexibility index (Phi) is 5.05. The minimum absolute atomic E-state index is 0.149. The number of aromatic nitrogens is 1. The van der Waals surface area contributed by atoms with Gasteiger partial charge in [-0.15, -0.1) is 0 Å². The second-order valence-electron chi connectivity index (χ2n) is 7.62. The number of benzene rings is 1. The van der Waals surface area contributed by atoms with Crippen LogP contribution in [0.2, 0.25) is 0 Å². The van der Waals surface area contributed by atoms with Crippen molar-refractivity contribution in [3.63, 3.8) is 0 Å². The molecule has 1 amide bonds. The van der Waals surface area contributed by atoms with Gasteiger partial charge in [-0.1, -0.05) is 17.3 Å². The minimum atomic E-state index is -3.27. The van der Waals surface area contributed by atoms with Crippen molar-refractivity contribution in [2.45, 2.75) is 54.6 Å². The number of carbonyl (C=O) groups is 2. The van der Waals surface area contributed by atoms with Gasteiger partial charge in [-0.3, -0.25) is 9.59 Å². The van der Waals surface area contributed by atoms with Crippen LogP contribution in [0.5, 0.6) is 0 Å². The van der Waals surface area contributed by atoms with Gasteiger partial charge in [-0.05, 0) is 49.3 Å². The third-order valence-corrected chi connectivity index (χ3v) is 7.77. The largest absolute Gasteiger partial charge is 0.363 e. The van der Waals surface area contributed by atoms with Crippen molar-refractivity contribution in [3.05, 3.63) is 42.2 Å². The molecule has 28 heavy (non-hydrogen) atoms. The maximum atomic E-state index is 12.9. The van der Waals surface area contributed by atoms with Crippen LogP contribution in [0.1, 0.15) is 50.0 Å². The highest BCUT2D eigenvalue weighted by Gasteiger charge is 2.37. The molecule has 0 saturated heterocycles. The molecule has 2 fully saturated rings. The Labute approximate surface area is 163 Å². The van der Waals surface area contributed by atoms with E-state index >= 15 is 0 Å². The SMILES string of the molecule is O=C1CCC(C[C@@H](C(=O)Nc2ccon2)c2ccc(S(=O)(=O)C3CC3)cc2)C1. The zero-order valence-corrected chi connectivity index (χ0v) is 16.2. The number of Topliss-reactive ketones (excluding diaryl/α,β-unsaturated/α-hetero) is 1. The molecule has 0 bridgehead atoms. The third-order valence-electron chi connectivity index (χ3n) is 5.50. The summed E-state index contributed by atoms with van der Waals surface area (Å²) in [6.45, 7) is 0. The molecule has 2 saturated carbocycles. The van der Waals surface area contributed by atoms with Gasteiger partial charge in [0, 0.05) is 18.9 Å². The van der Waals surface area contributed by atoms with E-state index in [-0.39, 0.29) is 22.9 Å². The molecule has 8 heteroatoms. The number of nitrogens with zero attached hydrogens (tertiary/aromatic N) is 1. The van der Waals surface area contributed by atoms with Crippen molar-refractivity contribution < 1.29 is 22.5 Å². The minimum Gasteiger partial charge on any atom is -0.363 e. The summed E-state index contributed by atoms with van der Waals surface area (Å²) in [5.74, 6) is -0.0382. The quantitative estimate of drug-likeness (QED) is 0.763. The summed E-state index contributed by atoms with van der Waals surface area (Å²) in [6.07, 6.45) is 5.15. The van der Waals surface area contributed by atoms with Gasteiger partial charge in [0.05, 0.1) is 16.1 Å². The molecule has 1 heterocycles. The number of nitrogens with one attached hydrogen (secondary N) is 1. The Balaban J connectivity index is 1.56. The topological polar surface area (TPSA) is 106 Å². The van der Waals surface area contributed by atoms with E-state index in [9.17, 15) is 18.0 Å². The van der Waals surface area contributed by atoms with Crippen molar-refractivity contribution in [2.24, 2.45) is 5.92 Å². The molecular formula is C20H22N2O5S. The van der Waals surface area contributed by atoms with E-state index in [1.165, 1.54) is 6.26 Å². The fourth-order valence-corrected chi connectivity index (χ4v) is 5.43. The number of anilines is 1. The van der Waals surface area contributed by atoms with Crippen LogP contribution in [-0.2, 0) is 19.4 Å². The lowest BCUT2D eigenvalue weighted by Crippen LogP contribution is -2.23. The molecule has 0 aliphatic heterocycles. The van der Waals surface area contributed by atoms with Crippen molar-refractivity contribution in [1.82, 2.24) is 5.16 Å². The summed E-state index contributed by atoms with van der Waals surface area (Å²) < 4.78 is 29.6. The van der Waals surface area contributed by atoms with Gasteiger partial charge in [0.2, 0.25) is 5.91 Å². The molecule has 148 valence electrons. The Morgan fingerprint density at radius 2 is 1.93 bits per heavy atom. The number of carbonyl (C=O) groups excluding carboxylic acids is 2. The van der Waals surface area contributed by atoms with E-state index in [0.717, 1.165) is 12.0 Å². The Morgan fingerprint density at radius 1 is 1.18 bits per heavy atom. The Hall–Kier alpha value is -2.48. The number of amides is 1. The van der Waals surface area contributed by atoms with Crippen molar-refractivity contribution in [1.29, 1.82) is 0 Å². The van der Waals surface area contributed by atoms with Gasteiger partial charge < -0.3 is 9.84 Å². The van der Waals surface area contributed by atoms with Crippen LogP contribution in [0.4, 0.5) is 5.82 Å².